The van der Waals surface area contributed by atoms with E-state index in [0.29, 0.717) is 22.9 Å². The minimum atomic E-state index is -3.00. The quantitative estimate of drug-likeness (QED) is 0.289. The van der Waals surface area contributed by atoms with Crippen molar-refractivity contribution in [2.24, 2.45) is 0 Å². The van der Waals surface area contributed by atoms with Gasteiger partial charge in [0.2, 0.25) is 0 Å². The Balaban J connectivity index is 2.50. The van der Waals surface area contributed by atoms with E-state index in [-0.39, 0.29) is 24.5 Å². The van der Waals surface area contributed by atoms with Gasteiger partial charge in [0.1, 0.15) is 12.4 Å². The molecule has 2 rings (SSSR count). The second-order valence-corrected chi connectivity index (χ2v) is 6.21. The van der Waals surface area contributed by atoms with Crippen molar-refractivity contribution in [1.82, 2.24) is 10.2 Å². The zero-order valence-corrected chi connectivity index (χ0v) is 16.4. The van der Waals surface area contributed by atoms with Crippen LogP contribution in [0.3, 0.4) is 0 Å². The van der Waals surface area contributed by atoms with E-state index in [1.807, 2.05) is 0 Å². The van der Waals surface area contributed by atoms with Crippen LogP contribution >= 0.6 is 12.2 Å². The standard InChI is InChI=1S/C19H22F2N2O4S/c1-4-9-23-12(2)15(17(24)26-11-10-25-3)16(22-19(23)28)13-7-5-6-8-14(13)27-18(20)21/h4-8,16,18H,1,9-11H2,2-3H3,(H,22,28)/t16-/m1/s1. The van der Waals surface area contributed by atoms with Crippen LogP contribution in [0.4, 0.5) is 8.78 Å². The Kier molecular flexibility index (Phi) is 7.89. The molecule has 0 aliphatic carbocycles. The Morgan fingerprint density at radius 3 is 2.75 bits per heavy atom. The topological polar surface area (TPSA) is 60.0 Å². The Hall–Kier alpha value is -2.52. The van der Waals surface area contributed by atoms with Crippen molar-refractivity contribution in [3.8, 4) is 5.75 Å². The summed E-state index contributed by atoms with van der Waals surface area (Å²) in [7, 11) is 1.49. The van der Waals surface area contributed by atoms with Crippen LogP contribution in [0.5, 0.6) is 5.75 Å². The summed E-state index contributed by atoms with van der Waals surface area (Å²) in [4.78, 5) is 14.5. The number of hydrogen-bond acceptors (Lipinski definition) is 5. The van der Waals surface area contributed by atoms with Crippen LogP contribution in [0.25, 0.3) is 0 Å². The number of nitrogens with one attached hydrogen (secondary N) is 1. The number of halogens is 2. The molecule has 1 heterocycles. The SMILES string of the molecule is C=CCN1C(=S)N[C@H](c2ccccc2OC(F)F)C(C(=O)OCCOC)=C1C. The number of methoxy groups -OCH3 is 1. The highest BCUT2D eigenvalue weighted by Crippen LogP contribution is 2.36. The van der Waals surface area contributed by atoms with Crippen LogP contribution in [0, 0.1) is 0 Å². The molecule has 1 N–H and O–H groups in total. The van der Waals surface area contributed by atoms with Gasteiger partial charge in [-0.05, 0) is 25.2 Å². The van der Waals surface area contributed by atoms with Crippen LogP contribution in [0.2, 0.25) is 0 Å². The zero-order valence-electron chi connectivity index (χ0n) is 15.6. The van der Waals surface area contributed by atoms with Gasteiger partial charge in [0, 0.05) is 24.9 Å². The van der Waals surface area contributed by atoms with Gasteiger partial charge in [0.05, 0.1) is 18.2 Å². The largest absolute Gasteiger partial charge is 0.460 e. The number of carbonyl (C=O) groups excluding carboxylic acids is 1. The van der Waals surface area contributed by atoms with Gasteiger partial charge in [-0.2, -0.15) is 8.78 Å². The fraction of sp³-hybridized carbons (Fsp3) is 0.368. The van der Waals surface area contributed by atoms with Crippen molar-refractivity contribution < 1.29 is 27.8 Å². The molecule has 9 heteroatoms. The molecule has 0 radical (unpaired) electrons. The molecule has 1 atom stereocenters. The average molecular weight is 412 g/mol. The van der Waals surface area contributed by atoms with Gasteiger partial charge < -0.3 is 24.4 Å². The molecule has 0 amide bonds. The van der Waals surface area contributed by atoms with Crippen molar-refractivity contribution >= 4 is 23.3 Å². The summed E-state index contributed by atoms with van der Waals surface area (Å²) < 4.78 is 40.5. The monoisotopic (exact) mass is 412 g/mol. The second-order valence-electron chi connectivity index (χ2n) is 5.83. The number of benzene rings is 1. The molecular formula is C19H22F2N2O4S. The molecule has 0 fully saturated rings. The smallest absolute Gasteiger partial charge is 0.387 e. The van der Waals surface area contributed by atoms with Gasteiger partial charge in [-0.15, -0.1) is 6.58 Å². The van der Waals surface area contributed by atoms with E-state index >= 15 is 0 Å². The van der Waals surface area contributed by atoms with E-state index in [9.17, 15) is 13.6 Å². The summed E-state index contributed by atoms with van der Waals surface area (Å²) in [5, 5.41) is 3.36. The third kappa shape index (κ3) is 5.05. The second kappa shape index (κ2) is 10.1. The van der Waals surface area contributed by atoms with Crippen molar-refractivity contribution in [1.29, 1.82) is 0 Å². The summed E-state index contributed by atoms with van der Waals surface area (Å²) in [5.74, 6) is -0.652. The van der Waals surface area contributed by atoms with Crippen molar-refractivity contribution in [2.45, 2.75) is 19.6 Å². The van der Waals surface area contributed by atoms with Crippen LogP contribution < -0.4 is 10.1 Å². The van der Waals surface area contributed by atoms with Gasteiger partial charge >= 0.3 is 12.6 Å². The lowest BCUT2D eigenvalue weighted by atomic mass is 9.94. The number of para-hydroxylation sites is 1. The van der Waals surface area contributed by atoms with E-state index in [2.05, 4.69) is 16.6 Å². The minimum Gasteiger partial charge on any atom is -0.460 e. The number of nitrogens with zero attached hydrogens (tertiary/aromatic N) is 1. The average Bonchev–Trinajstić information content (AvgIpc) is 2.64. The Labute approximate surface area is 167 Å². The van der Waals surface area contributed by atoms with E-state index in [1.165, 1.54) is 13.2 Å². The van der Waals surface area contributed by atoms with Crippen LogP contribution in [0.15, 0.2) is 48.2 Å². The molecule has 0 unspecified atom stereocenters. The van der Waals surface area contributed by atoms with Gasteiger partial charge in [-0.3, -0.25) is 0 Å². The Morgan fingerprint density at radius 1 is 1.39 bits per heavy atom. The lowest BCUT2D eigenvalue weighted by molar-refractivity contribution is -0.140. The fourth-order valence-electron chi connectivity index (χ4n) is 2.85. The van der Waals surface area contributed by atoms with Crippen molar-refractivity contribution in [2.75, 3.05) is 26.9 Å². The Bertz CT molecular complexity index is 770. The third-order valence-electron chi connectivity index (χ3n) is 4.09. The number of carbonyl (C=O) groups is 1. The summed E-state index contributed by atoms with van der Waals surface area (Å²) in [6.07, 6.45) is 1.64. The summed E-state index contributed by atoms with van der Waals surface area (Å²) in [6, 6.07) is 5.43. The van der Waals surface area contributed by atoms with Crippen LogP contribution in [-0.4, -0.2) is 49.5 Å². The molecule has 1 aromatic rings. The first-order valence-electron chi connectivity index (χ1n) is 8.50. The predicted octanol–water partition coefficient (Wildman–Crippen LogP) is 3.17. The molecule has 1 aliphatic rings. The highest BCUT2D eigenvalue weighted by atomic mass is 32.1. The normalized spacial score (nSPS) is 16.8. The number of alkyl halides is 2. The number of ether oxygens (including phenoxy) is 3. The number of rotatable bonds is 9. The summed E-state index contributed by atoms with van der Waals surface area (Å²) in [5.41, 5.74) is 1.14. The molecule has 152 valence electrons. The first-order valence-corrected chi connectivity index (χ1v) is 8.91. The summed E-state index contributed by atoms with van der Waals surface area (Å²) in [6.45, 7) is 3.06. The van der Waals surface area contributed by atoms with Gasteiger partial charge in [0.15, 0.2) is 5.11 Å². The highest BCUT2D eigenvalue weighted by Gasteiger charge is 2.36. The first kappa shape index (κ1) is 21.8. The lowest BCUT2D eigenvalue weighted by Gasteiger charge is -2.37. The molecule has 1 aromatic carbocycles. The minimum absolute atomic E-state index is 0.0510. The van der Waals surface area contributed by atoms with E-state index in [0.717, 1.165) is 0 Å². The van der Waals surface area contributed by atoms with Crippen molar-refractivity contribution in [3.63, 3.8) is 0 Å². The molecule has 6 nitrogen and oxygen atoms in total. The molecule has 28 heavy (non-hydrogen) atoms. The maximum Gasteiger partial charge on any atom is 0.387 e. The maximum atomic E-state index is 12.8. The molecule has 0 aromatic heterocycles. The molecule has 0 saturated carbocycles. The van der Waals surface area contributed by atoms with E-state index in [4.69, 9.17) is 21.7 Å². The third-order valence-corrected chi connectivity index (χ3v) is 4.43. The Morgan fingerprint density at radius 2 is 2.11 bits per heavy atom. The van der Waals surface area contributed by atoms with Gasteiger partial charge in [-0.1, -0.05) is 24.3 Å². The van der Waals surface area contributed by atoms with Crippen LogP contribution in [-0.2, 0) is 14.3 Å². The fourth-order valence-corrected chi connectivity index (χ4v) is 3.18. The molecule has 1 aliphatic heterocycles. The van der Waals surface area contributed by atoms with Gasteiger partial charge in [0.25, 0.3) is 0 Å². The number of thiocarbonyl (C=S) groups is 1. The maximum absolute atomic E-state index is 12.8. The number of hydrogen-bond donors (Lipinski definition) is 1. The van der Waals surface area contributed by atoms with Gasteiger partial charge in [-0.25, -0.2) is 4.79 Å². The molecule has 0 bridgehead atoms. The lowest BCUT2D eigenvalue weighted by Crippen LogP contribution is -2.48. The van der Waals surface area contributed by atoms with Crippen LogP contribution in [0.1, 0.15) is 18.5 Å². The van der Waals surface area contributed by atoms with E-state index in [1.54, 1.807) is 36.1 Å². The first-order chi connectivity index (χ1) is 13.4. The molecule has 0 spiro atoms. The highest BCUT2D eigenvalue weighted by molar-refractivity contribution is 7.80. The molecular weight excluding hydrogens is 390 g/mol. The molecule has 0 saturated heterocycles. The predicted molar refractivity (Wildman–Crippen MR) is 104 cm³/mol. The zero-order chi connectivity index (χ0) is 20.7. The number of esters is 1. The van der Waals surface area contributed by atoms with E-state index < -0.39 is 18.6 Å². The summed E-state index contributed by atoms with van der Waals surface area (Å²) >= 11 is 5.40. The number of allylic oxidation sites excluding steroid dienone is 1. The van der Waals surface area contributed by atoms with Crippen molar-refractivity contribution in [3.05, 3.63) is 53.8 Å².